The second kappa shape index (κ2) is 11.0. The van der Waals surface area contributed by atoms with Crippen molar-refractivity contribution in [2.45, 2.75) is 6.04 Å². The fraction of sp³-hybridized carbons (Fsp3) is 0.0227. The molecule has 9 aromatic rings. The zero-order valence-electron chi connectivity index (χ0n) is 26.3. The number of rotatable bonds is 4. The minimum atomic E-state index is -0.195. The monoisotopic (exact) mass is 628 g/mol. The van der Waals surface area contributed by atoms with E-state index in [-0.39, 0.29) is 6.04 Å². The Hall–Kier alpha value is -6.59. The Morgan fingerprint density at radius 2 is 1.14 bits per heavy atom. The molecular formula is C44H28N4O. The molecule has 0 saturated carbocycles. The summed E-state index contributed by atoms with van der Waals surface area (Å²) in [6.07, 6.45) is 4.14. The summed E-state index contributed by atoms with van der Waals surface area (Å²) in [5.74, 6) is 2.73. The lowest BCUT2D eigenvalue weighted by Crippen LogP contribution is -2.20. The first-order valence-electron chi connectivity index (χ1n) is 16.5. The van der Waals surface area contributed by atoms with Crippen molar-refractivity contribution >= 4 is 49.4 Å². The molecular weight excluding hydrogens is 601 g/mol. The van der Waals surface area contributed by atoms with Gasteiger partial charge in [-0.2, -0.15) is 0 Å². The third kappa shape index (κ3) is 4.44. The van der Waals surface area contributed by atoms with Gasteiger partial charge in [0.05, 0.1) is 0 Å². The van der Waals surface area contributed by atoms with Crippen molar-refractivity contribution in [1.29, 1.82) is 0 Å². The van der Waals surface area contributed by atoms with E-state index in [4.69, 9.17) is 19.4 Å². The van der Waals surface area contributed by atoms with Crippen LogP contribution in [0.4, 0.5) is 0 Å². The predicted octanol–water partition coefficient (Wildman–Crippen LogP) is 10.7. The summed E-state index contributed by atoms with van der Waals surface area (Å²) in [5, 5.41) is 12.0. The first kappa shape index (κ1) is 27.5. The average Bonchev–Trinajstić information content (AvgIpc) is 3.57. The molecule has 7 aromatic carbocycles. The van der Waals surface area contributed by atoms with Crippen molar-refractivity contribution < 1.29 is 4.42 Å². The van der Waals surface area contributed by atoms with Crippen molar-refractivity contribution in [3.8, 4) is 34.2 Å². The summed E-state index contributed by atoms with van der Waals surface area (Å²) in [4.78, 5) is 15.0. The Labute approximate surface area is 282 Å². The zero-order chi connectivity index (χ0) is 32.3. The lowest BCUT2D eigenvalue weighted by molar-refractivity contribution is 0.497. The molecule has 0 bridgehead atoms. The molecule has 2 aromatic heterocycles. The second-order valence-electron chi connectivity index (χ2n) is 12.4. The molecule has 1 unspecified atom stereocenters. The van der Waals surface area contributed by atoms with Crippen molar-refractivity contribution in [1.82, 2.24) is 20.3 Å². The summed E-state index contributed by atoms with van der Waals surface area (Å²) < 4.78 is 6.80. The molecule has 0 spiro atoms. The fourth-order valence-electron chi connectivity index (χ4n) is 7.37. The van der Waals surface area contributed by atoms with Gasteiger partial charge in [0.15, 0.2) is 17.5 Å². The van der Waals surface area contributed by atoms with Gasteiger partial charge in [0.2, 0.25) is 0 Å². The van der Waals surface area contributed by atoms with E-state index in [2.05, 4.69) is 84.2 Å². The van der Waals surface area contributed by atoms with Gasteiger partial charge in [0.1, 0.15) is 17.4 Å². The molecule has 10 rings (SSSR count). The van der Waals surface area contributed by atoms with Crippen LogP contribution in [-0.2, 0) is 0 Å². The Bertz CT molecular complexity index is 2690. The molecule has 1 aliphatic rings. The maximum atomic E-state index is 6.80. The molecule has 1 N–H and O–H groups in total. The van der Waals surface area contributed by atoms with Gasteiger partial charge in [-0.1, -0.05) is 133 Å². The van der Waals surface area contributed by atoms with Crippen LogP contribution in [-0.4, -0.2) is 15.0 Å². The highest BCUT2D eigenvalue weighted by atomic mass is 16.3. The van der Waals surface area contributed by atoms with E-state index in [1.165, 1.54) is 37.9 Å². The maximum absolute atomic E-state index is 6.80. The molecule has 0 saturated heterocycles. The summed E-state index contributed by atoms with van der Waals surface area (Å²) in [6.45, 7) is 0. The normalized spacial score (nSPS) is 14.0. The molecule has 5 heteroatoms. The third-order valence-corrected chi connectivity index (χ3v) is 9.59. The van der Waals surface area contributed by atoms with Crippen LogP contribution in [0.2, 0.25) is 0 Å². The number of nitrogens with zero attached hydrogens (tertiary/aromatic N) is 3. The van der Waals surface area contributed by atoms with Crippen LogP contribution in [0.5, 0.6) is 0 Å². The topological polar surface area (TPSA) is 63.8 Å². The van der Waals surface area contributed by atoms with Gasteiger partial charge in [0.25, 0.3) is 0 Å². The van der Waals surface area contributed by atoms with Crippen molar-refractivity contribution in [3.63, 3.8) is 0 Å². The predicted molar refractivity (Wildman–Crippen MR) is 199 cm³/mol. The van der Waals surface area contributed by atoms with E-state index in [9.17, 15) is 0 Å². The summed E-state index contributed by atoms with van der Waals surface area (Å²) in [5.41, 5.74) is 5.76. The van der Waals surface area contributed by atoms with Crippen LogP contribution in [0.25, 0.3) is 83.5 Å². The summed E-state index contributed by atoms with van der Waals surface area (Å²) >= 11 is 0. The van der Waals surface area contributed by atoms with Crippen LogP contribution >= 0.6 is 0 Å². The van der Waals surface area contributed by atoms with Crippen molar-refractivity contribution in [2.24, 2.45) is 0 Å². The van der Waals surface area contributed by atoms with Crippen molar-refractivity contribution in [3.05, 3.63) is 169 Å². The first-order chi connectivity index (χ1) is 24.3. The molecule has 0 radical (unpaired) electrons. The Kier molecular flexibility index (Phi) is 6.18. The highest BCUT2D eigenvalue weighted by Crippen LogP contribution is 2.44. The maximum Gasteiger partial charge on any atom is 0.164 e. The minimum absolute atomic E-state index is 0.195. The van der Waals surface area contributed by atoms with E-state index in [0.717, 1.165) is 39.0 Å². The number of furan rings is 1. The van der Waals surface area contributed by atoms with E-state index in [0.29, 0.717) is 17.5 Å². The second-order valence-corrected chi connectivity index (χ2v) is 12.4. The molecule has 49 heavy (non-hydrogen) atoms. The molecule has 230 valence electrons. The van der Waals surface area contributed by atoms with Crippen molar-refractivity contribution in [2.75, 3.05) is 0 Å². The zero-order valence-corrected chi connectivity index (χ0v) is 26.3. The van der Waals surface area contributed by atoms with Gasteiger partial charge in [0, 0.05) is 27.6 Å². The molecule has 5 nitrogen and oxygen atoms in total. The highest BCUT2D eigenvalue weighted by Gasteiger charge is 2.29. The lowest BCUT2D eigenvalue weighted by atomic mass is 9.88. The van der Waals surface area contributed by atoms with Crippen LogP contribution in [0.15, 0.2) is 156 Å². The highest BCUT2D eigenvalue weighted by molar-refractivity contribution is 6.21. The number of benzene rings is 7. The Morgan fingerprint density at radius 1 is 0.510 bits per heavy atom. The molecule has 0 amide bonds. The number of fused-ring (bicyclic) bond motifs is 8. The van der Waals surface area contributed by atoms with Crippen LogP contribution in [0.3, 0.4) is 0 Å². The van der Waals surface area contributed by atoms with E-state index in [1.54, 1.807) is 0 Å². The molecule has 0 fully saturated rings. The average molecular weight is 629 g/mol. The number of nitrogens with one attached hydrogen (secondary N) is 1. The molecule has 1 aliphatic heterocycles. The molecule has 3 heterocycles. The fourth-order valence-corrected chi connectivity index (χ4v) is 7.37. The van der Waals surface area contributed by atoms with E-state index in [1.807, 2.05) is 79.0 Å². The standard InChI is InChI=1S/C44H28N4O/c1-3-13-28(14-4-1)42-46-43(29-15-5-2-6-16-29)48-44(47-42)35-20-11-21-37-39(35)34-24-25-45-40(41(34)49-37)36-26-30-23-22-27-12-7-8-17-31(27)38(30)33-19-10-9-18-32(33)36/h1-26,40,45H. The molecule has 1 atom stereocenters. The minimum Gasteiger partial charge on any atom is -0.458 e. The van der Waals surface area contributed by atoms with E-state index >= 15 is 0 Å². The smallest absolute Gasteiger partial charge is 0.164 e. The third-order valence-electron chi connectivity index (χ3n) is 9.59. The van der Waals surface area contributed by atoms with Gasteiger partial charge >= 0.3 is 0 Å². The SMILES string of the molecule is C1=Cc2c(oc3cccc(-c4nc(-c5ccccc5)nc(-c5ccccc5)n4)c23)C(c2cc3ccc4ccccc4c3c3ccccc23)N1. The molecule has 0 aliphatic carbocycles. The van der Waals surface area contributed by atoms with Crippen LogP contribution in [0.1, 0.15) is 22.9 Å². The summed E-state index contributed by atoms with van der Waals surface area (Å²) in [7, 11) is 0. The van der Waals surface area contributed by atoms with Crippen LogP contribution < -0.4 is 5.32 Å². The largest absolute Gasteiger partial charge is 0.458 e. The van der Waals surface area contributed by atoms with Gasteiger partial charge in [-0.25, -0.2) is 15.0 Å². The summed E-state index contributed by atoms with van der Waals surface area (Å²) in [6, 6.07) is 50.2. The number of hydrogen-bond donors (Lipinski definition) is 1. The quantitative estimate of drug-likeness (QED) is 0.197. The first-order valence-corrected chi connectivity index (χ1v) is 16.5. The number of aromatic nitrogens is 3. The Morgan fingerprint density at radius 3 is 1.90 bits per heavy atom. The Balaban J connectivity index is 1.19. The van der Waals surface area contributed by atoms with Crippen LogP contribution in [0, 0.1) is 0 Å². The lowest BCUT2D eigenvalue weighted by Gasteiger charge is -2.23. The van der Waals surface area contributed by atoms with Gasteiger partial charge in [-0.05, 0) is 62.3 Å². The van der Waals surface area contributed by atoms with E-state index < -0.39 is 0 Å². The van der Waals surface area contributed by atoms with Gasteiger partial charge in [-0.15, -0.1) is 0 Å². The van der Waals surface area contributed by atoms with Gasteiger partial charge in [-0.3, -0.25) is 0 Å². The van der Waals surface area contributed by atoms with Gasteiger partial charge < -0.3 is 9.73 Å². The number of hydrogen-bond acceptors (Lipinski definition) is 5.